The molecule has 0 aliphatic heterocycles. The van der Waals surface area contributed by atoms with E-state index < -0.39 is 10.0 Å². The van der Waals surface area contributed by atoms with E-state index in [4.69, 9.17) is 5.73 Å². The highest BCUT2D eigenvalue weighted by molar-refractivity contribution is 14.0. The van der Waals surface area contributed by atoms with Gasteiger partial charge in [0.15, 0.2) is 5.96 Å². The fourth-order valence-corrected chi connectivity index (χ4v) is 3.76. The van der Waals surface area contributed by atoms with Crippen molar-refractivity contribution in [1.82, 2.24) is 9.62 Å². The van der Waals surface area contributed by atoms with Crippen molar-refractivity contribution < 1.29 is 8.42 Å². The van der Waals surface area contributed by atoms with Crippen molar-refractivity contribution >= 4 is 51.3 Å². The number of guanidine groups is 1. The molecule has 1 rings (SSSR count). The van der Waals surface area contributed by atoms with E-state index in [1.54, 1.807) is 24.6 Å². The lowest BCUT2D eigenvalue weighted by Gasteiger charge is -2.15. The summed E-state index contributed by atoms with van der Waals surface area (Å²) in [4.78, 5) is 4.13. The Morgan fingerprint density at radius 1 is 1.57 bits per heavy atom. The molecule has 1 heterocycles. The Morgan fingerprint density at radius 2 is 2.24 bits per heavy atom. The molecule has 0 aliphatic carbocycles. The summed E-state index contributed by atoms with van der Waals surface area (Å²) in [5.74, 6) is 0.348. The van der Waals surface area contributed by atoms with Crippen LogP contribution < -0.4 is 11.1 Å². The van der Waals surface area contributed by atoms with Gasteiger partial charge in [-0.2, -0.15) is 4.31 Å². The number of rotatable bonds is 7. The van der Waals surface area contributed by atoms with Gasteiger partial charge >= 0.3 is 0 Å². The van der Waals surface area contributed by atoms with Gasteiger partial charge in [0.2, 0.25) is 0 Å². The lowest BCUT2D eigenvalue weighted by molar-refractivity contribution is 0.478. The molecule has 1 atom stereocenters. The van der Waals surface area contributed by atoms with E-state index in [0.29, 0.717) is 23.3 Å². The molecule has 0 fully saturated rings. The molecular formula is C12H23IN4O2S2. The zero-order valence-electron chi connectivity index (χ0n) is 12.4. The molecule has 6 nitrogen and oxygen atoms in total. The minimum Gasteiger partial charge on any atom is -0.370 e. The van der Waals surface area contributed by atoms with Crippen molar-refractivity contribution in [1.29, 1.82) is 0 Å². The van der Waals surface area contributed by atoms with Gasteiger partial charge in [0, 0.05) is 19.6 Å². The standard InChI is InChI=1S/C12H22N4O2S2.HI/c1-4-10(2)15-12(13)14-7-8-16(3)20(17,18)11-6-5-9-19-11;/h5-6,9-10H,4,7-8H2,1-3H3,(H3,13,14,15);1H. The van der Waals surface area contributed by atoms with Crippen LogP contribution in [0.3, 0.4) is 0 Å². The summed E-state index contributed by atoms with van der Waals surface area (Å²) in [6.07, 6.45) is 0.947. The Hall–Kier alpha value is -0.390. The molecule has 0 aliphatic rings. The first-order valence-corrected chi connectivity index (χ1v) is 8.76. The van der Waals surface area contributed by atoms with Crippen LogP contribution in [-0.4, -0.2) is 44.9 Å². The monoisotopic (exact) mass is 446 g/mol. The maximum atomic E-state index is 12.1. The fraction of sp³-hybridized carbons (Fsp3) is 0.583. The third-order valence-corrected chi connectivity index (χ3v) is 6.09. The number of thiophene rings is 1. The summed E-state index contributed by atoms with van der Waals surface area (Å²) in [6, 6.07) is 3.57. The lowest BCUT2D eigenvalue weighted by atomic mass is 10.3. The van der Waals surface area contributed by atoms with Crippen molar-refractivity contribution in [3.05, 3.63) is 17.5 Å². The molecule has 0 amide bonds. The van der Waals surface area contributed by atoms with Crippen LogP contribution in [0.5, 0.6) is 0 Å². The van der Waals surface area contributed by atoms with E-state index in [1.807, 2.05) is 13.8 Å². The summed E-state index contributed by atoms with van der Waals surface area (Å²) in [7, 11) is -1.86. The average Bonchev–Trinajstić information content (AvgIpc) is 2.92. The number of nitrogens with two attached hydrogens (primary N) is 1. The van der Waals surface area contributed by atoms with Gasteiger partial charge in [-0.1, -0.05) is 13.0 Å². The van der Waals surface area contributed by atoms with Gasteiger partial charge in [-0.3, -0.25) is 4.99 Å². The Labute approximate surface area is 147 Å². The third kappa shape index (κ3) is 6.49. The van der Waals surface area contributed by atoms with Crippen LogP contribution in [0.1, 0.15) is 20.3 Å². The Morgan fingerprint density at radius 3 is 2.76 bits per heavy atom. The van der Waals surface area contributed by atoms with Crippen molar-refractivity contribution in [2.24, 2.45) is 10.7 Å². The minimum absolute atomic E-state index is 0. The number of nitrogens with one attached hydrogen (secondary N) is 1. The molecule has 122 valence electrons. The lowest BCUT2D eigenvalue weighted by Crippen LogP contribution is -2.38. The van der Waals surface area contributed by atoms with Crippen molar-refractivity contribution in [2.45, 2.75) is 30.5 Å². The number of likely N-dealkylation sites (N-methyl/N-ethyl adjacent to an activating group) is 1. The van der Waals surface area contributed by atoms with E-state index in [2.05, 4.69) is 10.3 Å². The Balaban J connectivity index is 0.00000400. The molecule has 1 aromatic heterocycles. The topological polar surface area (TPSA) is 87.8 Å². The first kappa shape index (κ1) is 20.6. The Bertz CT molecular complexity index is 531. The molecular weight excluding hydrogens is 423 g/mol. The maximum absolute atomic E-state index is 12.1. The number of aliphatic imine (C=N–C) groups is 1. The summed E-state index contributed by atoms with van der Waals surface area (Å²) in [5.41, 5.74) is 5.71. The average molecular weight is 446 g/mol. The van der Waals surface area contributed by atoms with Gasteiger partial charge in [-0.25, -0.2) is 8.42 Å². The molecule has 3 N–H and O–H groups in total. The number of halogens is 1. The van der Waals surface area contributed by atoms with Gasteiger partial charge in [0.25, 0.3) is 10.0 Å². The van der Waals surface area contributed by atoms with Crippen LogP contribution in [0.4, 0.5) is 0 Å². The summed E-state index contributed by atoms with van der Waals surface area (Å²) >= 11 is 1.21. The number of nitrogens with zero attached hydrogens (tertiary/aromatic N) is 2. The minimum atomic E-state index is -3.40. The molecule has 0 saturated heterocycles. The molecule has 0 radical (unpaired) electrons. The number of hydrogen-bond acceptors (Lipinski definition) is 4. The van der Waals surface area contributed by atoms with Gasteiger partial charge < -0.3 is 11.1 Å². The summed E-state index contributed by atoms with van der Waals surface area (Å²) < 4.78 is 25.9. The first-order valence-electron chi connectivity index (χ1n) is 6.44. The highest BCUT2D eigenvalue weighted by Gasteiger charge is 2.20. The molecule has 0 bridgehead atoms. The van der Waals surface area contributed by atoms with Gasteiger partial charge in [-0.05, 0) is 24.8 Å². The molecule has 0 saturated carbocycles. The zero-order valence-corrected chi connectivity index (χ0v) is 16.4. The number of sulfonamides is 1. The fourth-order valence-electron chi connectivity index (χ4n) is 1.40. The van der Waals surface area contributed by atoms with Crippen LogP contribution in [0.25, 0.3) is 0 Å². The van der Waals surface area contributed by atoms with Gasteiger partial charge in [0.1, 0.15) is 4.21 Å². The second kappa shape index (κ2) is 9.59. The quantitative estimate of drug-likeness (QED) is 0.379. The molecule has 21 heavy (non-hydrogen) atoms. The summed E-state index contributed by atoms with van der Waals surface area (Å²) in [5, 5.41) is 4.77. The van der Waals surface area contributed by atoms with Crippen molar-refractivity contribution in [3.63, 3.8) is 0 Å². The zero-order chi connectivity index (χ0) is 15.2. The van der Waals surface area contributed by atoms with Gasteiger partial charge in [-0.15, -0.1) is 35.3 Å². The third-order valence-electron chi connectivity index (χ3n) is 2.86. The Kier molecular flexibility index (Phi) is 9.41. The van der Waals surface area contributed by atoms with E-state index in [1.165, 1.54) is 15.6 Å². The molecule has 9 heteroatoms. The second-order valence-corrected chi connectivity index (χ2v) is 7.70. The molecule has 1 aromatic rings. The largest absolute Gasteiger partial charge is 0.370 e. The normalized spacial score (nSPS) is 13.8. The van der Waals surface area contributed by atoms with Crippen molar-refractivity contribution in [3.8, 4) is 0 Å². The van der Waals surface area contributed by atoms with Crippen LogP contribution in [-0.2, 0) is 10.0 Å². The van der Waals surface area contributed by atoms with Crippen LogP contribution in [0.15, 0.2) is 26.7 Å². The van der Waals surface area contributed by atoms with Gasteiger partial charge in [0.05, 0.1) is 6.54 Å². The van der Waals surface area contributed by atoms with E-state index in [-0.39, 0.29) is 30.0 Å². The predicted octanol–water partition coefficient (Wildman–Crippen LogP) is 1.69. The first-order chi connectivity index (χ1) is 9.37. The molecule has 0 aromatic carbocycles. The smallest absolute Gasteiger partial charge is 0.252 e. The summed E-state index contributed by atoms with van der Waals surface area (Å²) in [6.45, 7) is 4.68. The van der Waals surface area contributed by atoms with Crippen LogP contribution >= 0.6 is 35.3 Å². The van der Waals surface area contributed by atoms with E-state index in [9.17, 15) is 8.42 Å². The molecule has 1 unspecified atom stereocenters. The van der Waals surface area contributed by atoms with Crippen LogP contribution in [0.2, 0.25) is 0 Å². The van der Waals surface area contributed by atoms with Crippen molar-refractivity contribution in [2.75, 3.05) is 20.1 Å². The second-order valence-electron chi connectivity index (χ2n) is 4.48. The van der Waals surface area contributed by atoms with E-state index >= 15 is 0 Å². The van der Waals surface area contributed by atoms with E-state index in [0.717, 1.165) is 6.42 Å². The number of hydrogen-bond donors (Lipinski definition) is 2. The maximum Gasteiger partial charge on any atom is 0.252 e. The predicted molar refractivity (Wildman–Crippen MR) is 98.9 cm³/mol. The highest BCUT2D eigenvalue weighted by Crippen LogP contribution is 2.19. The highest BCUT2D eigenvalue weighted by atomic mass is 127. The van der Waals surface area contributed by atoms with Crippen LogP contribution in [0, 0.1) is 0 Å². The molecule has 0 spiro atoms. The SMILES string of the molecule is CCC(C)NC(N)=NCCN(C)S(=O)(=O)c1cccs1.I.